The lowest BCUT2D eigenvalue weighted by molar-refractivity contribution is -0.146. The van der Waals surface area contributed by atoms with E-state index in [4.69, 9.17) is 19.7 Å². The Hall–Kier alpha value is -1.99. The minimum Gasteiger partial charge on any atom is -0.467 e. The standard InChI is InChI=1S/C15H24N4O5/c1-14(2,3)24-13(21)19-10(12(20)22-4)7-15(8-11(15)19)9-23-6-5-17-18-16/h10-11H,5-9H2,1-4H3/t10-,11-,15+/m0/s1. The molecule has 1 aliphatic heterocycles. The zero-order chi connectivity index (χ0) is 18.0. The summed E-state index contributed by atoms with van der Waals surface area (Å²) >= 11 is 0. The molecule has 134 valence electrons. The summed E-state index contributed by atoms with van der Waals surface area (Å²) in [5.74, 6) is -0.443. The second-order valence-corrected chi connectivity index (χ2v) is 7.22. The summed E-state index contributed by atoms with van der Waals surface area (Å²) in [6.07, 6.45) is 0.753. The highest BCUT2D eigenvalue weighted by molar-refractivity contribution is 5.83. The van der Waals surface area contributed by atoms with E-state index in [0.717, 1.165) is 6.42 Å². The highest BCUT2D eigenvalue weighted by atomic mass is 16.6. The van der Waals surface area contributed by atoms with E-state index in [0.29, 0.717) is 19.6 Å². The van der Waals surface area contributed by atoms with Gasteiger partial charge in [-0.05, 0) is 39.1 Å². The van der Waals surface area contributed by atoms with Crippen LogP contribution in [0.25, 0.3) is 10.4 Å². The molecule has 2 aliphatic rings. The molecule has 0 unspecified atom stereocenters. The van der Waals surface area contributed by atoms with Crippen LogP contribution in [0.4, 0.5) is 4.79 Å². The smallest absolute Gasteiger partial charge is 0.411 e. The Labute approximate surface area is 140 Å². The van der Waals surface area contributed by atoms with Crippen molar-refractivity contribution in [1.82, 2.24) is 4.90 Å². The minimum absolute atomic E-state index is 0.0871. The molecule has 0 spiro atoms. The largest absolute Gasteiger partial charge is 0.467 e. The number of methoxy groups -OCH3 is 1. The second kappa shape index (κ2) is 6.86. The molecule has 0 aromatic rings. The van der Waals surface area contributed by atoms with Crippen LogP contribution in [0.15, 0.2) is 5.11 Å². The number of azide groups is 1. The number of rotatable bonds is 6. The van der Waals surface area contributed by atoms with E-state index in [1.807, 2.05) is 0 Å². The molecule has 3 atom stereocenters. The topological polar surface area (TPSA) is 114 Å². The molecule has 0 aromatic carbocycles. The highest BCUT2D eigenvalue weighted by Gasteiger charge is 2.68. The van der Waals surface area contributed by atoms with Crippen molar-refractivity contribution in [2.75, 3.05) is 26.9 Å². The molecule has 1 saturated carbocycles. The molecule has 1 amide bonds. The van der Waals surface area contributed by atoms with E-state index in [1.54, 1.807) is 20.8 Å². The minimum atomic E-state index is -0.649. The van der Waals surface area contributed by atoms with Crippen LogP contribution in [0.2, 0.25) is 0 Å². The van der Waals surface area contributed by atoms with Gasteiger partial charge in [0.05, 0.1) is 20.3 Å². The highest BCUT2D eigenvalue weighted by Crippen LogP contribution is 2.60. The van der Waals surface area contributed by atoms with E-state index in [1.165, 1.54) is 12.0 Å². The number of hydrogen-bond donors (Lipinski definition) is 0. The van der Waals surface area contributed by atoms with Crippen molar-refractivity contribution in [2.45, 2.75) is 51.3 Å². The number of carbonyl (C=O) groups excluding carboxylic acids is 2. The van der Waals surface area contributed by atoms with Gasteiger partial charge < -0.3 is 14.2 Å². The van der Waals surface area contributed by atoms with Gasteiger partial charge in [0.2, 0.25) is 0 Å². The number of ether oxygens (including phenoxy) is 3. The Morgan fingerprint density at radius 1 is 1.38 bits per heavy atom. The van der Waals surface area contributed by atoms with Gasteiger partial charge in [0.1, 0.15) is 11.6 Å². The summed E-state index contributed by atoms with van der Waals surface area (Å²) < 4.78 is 15.8. The zero-order valence-corrected chi connectivity index (χ0v) is 14.5. The van der Waals surface area contributed by atoms with Gasteiger partial charge in [-0.15, -0.1) is 0 Å². The maximum absolute atomic E-state index is 12.5. The quantitative estimate of drug-likeness (QED) is 0.242. The third kappa shape index (κ3) is 3.91. The zero-order valence-electron chi connectivity index (χ0n) is 14.5. The van der Waals surface area contributed by atoms with E-state index < -0.39 is 23.7 Å². The Balaban J connectivity index is 2.02. The molecule has 9 heteroatoms. The molecule has 1 saturated heterocycles. The van der Waals surface area contributed by atoms with Gasteiger partial charge in [-0.3, -0.25) is 4.90 Å². The van der Waals surface area contributed by atoms with Crippen LogP contribution in [-0.4, -0.2) is 61.5 Å². The predicted molar refractivity (Wildman–Crippen MR) is 84.2 cm³/mol. The van der Waals surface area contributed by atoms with Crippen molar-refractivity contribution < 1.29 is 23.8 Å². The van der Waals surface area contributed by atoms with Crippen molar-refractivity contribution in [1.29, 1.82) is 0 Å². The van der Waals surface area contributed by atoms with Crippen LogP contribution >= 0.6 is 0 Å². The molecule has 0 radical (unpaired) electrons. The molecule has 1 heterocycles. The van der Waals surface area contributed by atoms with Crippen LogP contribution in [-0.2, 0) is 19.0 Å². The van der Waals surface area contributed by atoms with Gasteiger partial charge in [0, 0.05) is 22.9 Å². The third-order valence-corrected chi connectivity index (χ3v) is 4.28. The van der Waals surface area contributed by atoms with Crippen LogP contribution in [0, 0.1) is 5.41 Å². The molecule has 0 aromatic heterocycles. The first-order valence-corrected chi connectivity index (χ1v) is 7.92. The maximum atomic E-state index is 12.5. The Kier molecular flexibility index (Phi) is 5.25. The maximum Gasteiger partial charge on any atom is 0.411 e. The summed E-state index contributed by atoms with van der Waals surface area (Å²) in [5.41, 5.74) is 7.36. The number of fused-ring (bicyclic) bond motifs is 1. The fraction of sp³-hybridized carbons (Fsp3) is 0.867. The molecule has 0 N–H and O–H groups in total. The molecule has 0 bridgehead atoms. The van der Waals surface area contributed by atoms with E-state index in [-0.39, 0.29) is 18.0 Å². The average Bonchev–Trinajstić information content (AvgIpc) is 3.08. The summed E-state index contributed by atoms with van der Waals surface area (Å²) in [6, 6.07) is -0.736. The van der Waals surface area contributed by atoms with Gasteiger partial charge in [-0.1, -0.05) is 5.11 Å². The van der Waals surface area contributed by atoms with Crippen molar-refractivity contribution in [2.24, 2.45) is 10.5 Å². The third-order valence-electron chi connectivity index (χ3n) is 4.28. The first kappa shape index (κ1) is 18.4. The second-order valence-electron chi connectivity index (χ2n) is 7.22. The lowest BCUT2D eigenvalue weighted by atomic mass is 10.0. The number of likely N-dealkylation sites (tertiary alicyclic amines) is 1. The molecule has 2 rings (SSSR count). The van der Waals surface area contributed by atoms with Crippen molar-refractivity contribution in [3.05, 3.63) is 10.4 Å². The van der Waals surface area contributed by atoms with Gasteiger partial charge in [-0.2, -0.15) is 0 Å². The molecular weight excluding hydrogens is 316 g/mol. The molecule has 24 heavy (non-hydrogen) atoms. The van der Waals surface area contributed by atoms with Crippen LogP contribution in [0.5, 0.6) is 0 Å². The lowest BCUT2D eigenvalue weighted by Crippen LogP contribution is -2.46. The number of hydrogen-bond acceptors (Lipinski definition) is 6. The summed E-state index contributed by atoms with van der Waals surface area (Å²) in [7, 11) is 1.31. The van der Waals surface area contributed by atoms with Gasteiger partial charge in [-0.25, -0.2) is 9.59 Å². The fourth-order valence-corrected chi connectivity index (χ4v) is 3.18. The van der Waals surface area contributed by atoms with E-state index in [9.17, 15) is 9.59 Å². The number of piperidine rings is 1. The predicted octanol–water partition coefficient (Wildman–Crippen LogP) is 2.25. The average molecular weight is 340 g/mol. The van der Waals surface area contributed by atoms with E-state index in [2.05, 4.69) is 10.0 Å². The molecule has 1 aliphatic carbocycles. The molecule has 9 nitrogen and oxygen atoms in total. The molecular formula is C15H24N4O5. The van der Waals surface area contributed by atoms with Gasteiger partial charge in [0.25, 0.3) is 0 Å². The van der Waals surface area contributed by atoms with E-state index >= 15 is 0 Å². The number of amides is 1. The van der Waals surface area contributed by atoms with Crippen molar-refractivity contribution in [3.63, 3.8) is 0 Å². The van der Waals surface area contributed by atoms with Gasteiger partial charge >= 0.3 is 12.1 Å². The van der Waals surface area contributed by atoms with Crippen LogP contribution in [0.1, 0.15) is 33.6 Å². The van der Waals surface area contributed by atoms with Gasteiger partial charge in [0.15, 0.2) is 0 Å². The SMILES string of the molecule is COC(=O)[C@@H]1C[C@]2(COCCN=[N+]=[N-])C[C@@H]2N1C(=O)OC(C)(C)C. The lowest BCUT2D eigenvalue weighted by Gasteiger charge is -2.29. The van der Waals surface area contributed by atoms with Crippen LogP contribution in [0.3, 0.4) is 0 Å². The number of carbonyl (C=O) groups is 2. The fourth-order valence-electron chi connectivity index (χ4n) is 3.18. The first-order valence-electron chi connectivity index (χ1n) is 7.92. The normalized spacial score (nSPS) is 27.9. The summed E-state index contributed by atoms with van der Waals surface area (Å²) in [5, 5.41) is 3.41. The monoisotopic (exact) mass is 340 g/mol. The van der Waals surface area contributed by atoms with Crippen LogP contribution < -0.4 is 0 Å². The first-order chi connectivity index (χ1) is 11.2. The number of nitrogens with zero attached hydrogens (tertiary/aromatic N) is 4. The van der Waals surface area contributed by atoms with Crippen molar-refractivity contribution >= 4 is 12.1 Å². The Bertz CT molecular complexity index is 555. The summed E-state index contributed by atoms with van der Waals surface area (Å²) in [6.45, 7) is 6.33. The Morgan fingerprint density at radius 3 is 2.67 bits per heavy atom. The van der Waals surface area contributed by atoms with Crippen molar-refractivity contribution in [3.8, 4) is 0 Å². The Morgan fingerprint density at radius 2 is 2.08 bits per heavy atom. The summed E-state index contributed by atoms with van der Waals surface area (Å²) in [4.78, 5) is 28.7. The molecule has 2 fully saturated rings. The number of esters is 1.